The number of rotatable bonds is 28. The highest BCUT2D eigenvalue weighted by Gasteiger charge is 2.29. The normalized spacial score (nSPS) is 12.4. The summed E-state index contributed by atoms with van der Waals surface area (Å²) in [5, 5.41) is 0. The number of fused-ring (bicyclic) bond motifs is 1. The number of nitrogens with zero attached hydrogens (tertiary/aromatic N) is 2. The lowest BCUT2D eigenvalue weighted by Crippen LogP contribution is -2.35. The molecule has 0 N–H and O–H groups in total. The van der Waals surface area contributed by atoms with Gasteiger partial charge < -0.3 is 24.1 Å². The Morgan fingerprint density at radius 3 is 1.88 bits per heavy atom. The quantitative estimate of drug-likeness (QED) is 0.0622. The van der Waals surface area contributed by atoms with Crippen molar-refractivity contribution in [2.24, 2.45) is 0 Å². The first-order valence-electron chi connectivity index (χ1n) is 20.9. The maximum Gasteiger partial charge on any atom is 0.339 e. The monoisotopic (exact) mass is 749 g/mol. The Morgan fingerprint density at radius 1 is 0.750 bits per heavy atom. The van der Waals surface area contributed by atoms with E-state index in [1.807, 2.05) is 25.9 Å². The molecular formula is C43H76N2O6S. The predicted molar refractivity (Wildman–Crippen MR) is 216 cm³/mol. The molecule has 300 valence electrons. The Hall–Kier alpha value is -2.26. The summed E-state index contributed by atoms with van der Waals surface area (Å²) in [4.78, 5) is 54.8. The molecule has 2 heterocycles. The van der Waals surface area contributed by atoms with Gasteiger partial charge in [-0.25, -0.2) is 4.79 Å². The lowest BCUT2D eigenvalue weighted by atomic mass is 10.0. The van der Waals surface area contributed by atoms with Crippen molar-refractivity contribution in [3.8, 4) is 0 Å². The fraction of sp³-hybridized carbons (Fsp3) is 0.814. The fourth-order valence-corrected chi connectivity index (χ4v) is 7.81. The minimum absolute atomic E-state index is 0.0356. The van der Waals surface area contributed by atoms with Gasteiger partial charge in [0.05, 0.1) is 18.7 Å². The molecule has 0 unspecified atom stereocenters. The predicted octanol–water partition coefficient (Wildman–Crippen LogP) is 10.8. The average Bonchev–Trinajstić information content (AvgIpc) is 3.45. The van der Waals surface area contributed by atoms with Crippen molar-refractivity contribution in [2.45, 2.75) is 195 Å². The van der Waals surface area contributed by atoms with Gasteiger partial charge in [0.1, 0.15) is 11.9 Å². The molecule has 0 saturated carbocycles. The van der Waals surface area contributed by atoms with Crippen LogP contribution in [0, 0.1) is 6.92 Å². The Morgan fingerprint density at radius 2 is 1.33 bits per heavy atom. The van der Waals surface area contributed by atoms with Gasteiger partial charge in [0.2, 0.25) is 5.91 Å². The summed E-state index contributed by atoms with van der Waals surface area (Å²) in [5.41, 5.74) is 1.76. The van der Waals surface area contributed by atoms with E-state index in [9.17, 15) is 19.2 Å². The number of unbranched alkanes of at least 4 members (excludes halogenated alkanes) is 12. The first-order chi connectivity index (χ1) is 25.0. The molecule has 0 spiro atoms. The molecule has 0 saturated heterocycles. The van der Waals surface area contributed by atoms with Gasteiger partial charge in [-0.15, -0.1) is 11.3 Å². The molecule has 1 aromatic heterocycles. The van der Waals surface area contributed by atoms with Crippen LogP contribution in [0.15, 0.2) is 0 Å². The van der Waals surface area contributed by atoms with Gasteiger partial charge in [0.15, 0.2) is 0 Å². The standard InChI is InChI=1S/C37H64N2O5S.C6H12O/c1-6-8-10-12-14-16-21-31(22-17-15-13-11-9-7-2)44-35(41)24-19-18-23-34(40)39-27-25-32-33(29-39)45-30(3)36(32)37(42)43-28-20-26-38(4)5;1-3-4-5-6(2)7/h31H,6-29H2,1-5H3;3-5H2,1-2H3. The molecular weight excluding hydrogens is 673 g/mol. The molecule has 9 heteroatoms. The molecule has 1 aliphatic heterocycles. The van der Waals surface area contributed by atoms with E-state index in [1.165, 1.54) is 64.2 Å². The summed E-state index contributed by atoms with van der Waals surface area (Å²) in [6.45, 7) is 12.6. The SMILES string of the molecule is CCCCC(C)=O.CCCCCCCCC(CCCCCCCC)OC(=O)CCCCC(=O)N1CCc2c(sc(C)c2C(=O)OCCCN(C)C)C1. The number of aryl methyl sites for hydroxylation is 1. The number of esters is 2. The van der Waals surface area contributed by atoms with Crippen LogP contribution < -0.4 is 0 Å². The van der Waals surface area contributed by atoms with Gasteiger partial charge in [0.25, 0.3) is 0 Å². The largest absolute Gasteiger partial charge is 0.462 e. The summed E-state index contributed by atoms with van der Waals surface area (Å²) in [6.07, 6.45) is 23.6. The Bertz CT molecular complexity index is 1120. The van der Waals surface area contributed by atoms with Crippen LogP contribution in [0.5, 0.6) is 0 Å². The van der Waals surface area contributed by atoms with Crippen molar-refractivity contribution < 1.29 is 28.7 Å². The number of hydrogen-bond acceptors (Lipinski definition) is 8. The van der Waals surface area contributed by atoms with Gasteiger partial charge in [-0.3, -0.25) is 9.59 Å². The topological polar surface area (TPSA) is 93.2 Å². The molecule has 0 aliphatic carbocycles. The van der Waals surface area contributed by atoms with Gasteiger partial charge in [-0.05, 0) is 91.3 Å². The van der Waals surface area contributed by atoms with Crippen LogP contribution in [0.1, 0.15) is 195 Å². The second kappa shape index (κ2) is 30.1. The third-order valence-corrected chi connectivity index (χ3v) is 10.9. The Balaban J connectivity index is 0.00000174. The average molecular weight is 749 g/mol. The van der Waals surface area contributed by atoms with Crippen molar-refractivity contribution in [3.63, 3.8) is 0 Å². The van der Waals surface area contributed by atoms with Gasteiger partial charge >= 0.3 is 11.9 Å². The molecule has 1 aliphatic rings. The number of Topliss-reactive ketones (excluding diaryl/α,β-unsaturated/α-hetero) is 1. The number of carbonyl (C=O) groups is 4. The van der Waals surface area contributed by atoms with Crippen LogP contribution >= 0.6 is 11.3 Å². The highest BCUT2D eigenvalue weighted by atomic mass is 32.1. The third-order valence-electron chi connectivity index (χ3n) is 9.73. The Labute approximate surface area is 322 Å². The van der Waals surface area contributed by atoms with Crippen LogP contribution in [0.2, 0.25) is 0 Å². The molecule has 0 radical (unpaired) electrons. The molecule has 0 fully saturated rings. The van der Waals surface area contributed by atoms with Gasteiger partial charge in [-0.1, -0.05) is 91.4 Å². The summed E-state index contributed by atoms with van der Waals surface area (Å²) in [5.74, 6) is 0.0811. The van der Waals surface area contributed by atoms with Crippen LogP contribution in [-0.2, 0) is 36.8 Å². The second-order valence-corrected chi connectivity index (χ2v) is 16.3. The van der Waals surface area contributed by atoms with E-state index < -0.39 is 0 Å². The summed E-state index contributed by atoms with van der Waals surface area (Å²) >= 11 is 1.60. The molecule has 0 atom stereocenters. The van der Waals surface area contributed by atoms with E-state index in [1.54, 1.807) is 18.3 Å². The van der Waals surface area contributed by atoms with Crippen LogP contribution in [0.25, 0.3) is 0 Å². The molecule has 1 aromatic rings. The van der Waals surface area contributed by atoms with Crippen molar-refractivity contribution in [1.29, 1.82) is 0 Å². The van der Waals surface area contributed by atoms with E-state index in [0.29, 0.717) is 63.1 Å². The molecule has 0 aromatic carbocycles. The minimum Gasteiger partial charge on any atom is -0.462 e. The van der Waals surface area contributed by atoms with Crippen LogP contribution in [0.4, 0.5) is 0 Å². The number of thiophene rings is 1. The maximum absolute atomic E-state index is 13.0. The first kappa shape index (κ1) is 47.8. The van der Waals surface area contributed by atoms with E-state index in [4.69, 9.17) is 9.47 Å². The fourth-order valence-electron chi connectivity index (χ4n) is 6.58. The van der Waals surface area contributed by atoms with Crippen LogP contribution in [-0.4, -0.2) is 73.3 Å². The van der Waals surface area contributed by atoms with E-state index in [0.717, 1.165) is 73.2 Å². The smallest absolute Gasteiger partial charge is 0.339 e. The molecule has 8 nitrogen and oxygen atoms in total. The number of carbonyl (C=O) groups excluding carboxylic acids is 4. The van der Waals surface area contributed by atoms with E-state index in [2.05, 4.69) is 25.7 Å². The second-order valence-electron chi connectivity index (χ2n) is 15.0. The number of amides is 1. The summed E-state index contributed by atoms with van der Waals surface area (Å²) in [7, 11) is 4.02. The number of hydrogen-bond donors (Lipinski definition) is 0. The van der Waals surface area contributed by atoms with Crippen molar-refractivity contribution in [2.75, 3.05) is 33.8 Å². The van der Waals surface area contributed by atoms with E-state index in [-0.39, 0.29) is 23.9 Å². The lowest BCUT2D eigenvalue weighted by Gasteiger charge is -2.27. The summed E-state index contributed by atoms with van der Waals surface area (Å²) in [6, 6.07) is 0. The maximum atomic E-state index is 13.0. The van der Waals surface area contributed by atoms with Crippen LogP contribution in [0.3, 0.4) is 0 Å². The molecule has 0 bridgehead atoms. The molecule has 2 rings (SSSR count). The number of ether oxygens (including phenoxy) is 2. The van der Waals surface area contributed by atoms with Crippen molar-refractivity contribution in [1.82, 2.24) is 9.80 Å². The first-order valence-corrected chi connectivity index (χ1v) is 21.7. The van der Waals surface area contributed by atoms with Crippen molar-refractivity contribution in [3.05, 3.63) is 20.9 Å². The minimum atomic E-state index is -0.239. The van der Waals surface area contributed by atoms with Gasteiger partial charge in [-0.2, -0.15) is 0 Å². The zero-order valence-corrected chi connectivity index (χ0v) is 35.2. The van der Waals surface area contributed by atoms with Crippen molar-refractivity contribution >= 4 is 35.0 Å². The molecule has 1 amide bonds. The third kappa shape index (κ3) is 22.1. The van der Waals surface area contributed by atoms with E-state index >= 15 is 0 Å². The highest BCUT2D eigenvalue weighted by Crippen LogP contribution is 2.33. The molecule has 52 heavy (non-hydrogen) atoms. The zero-order valence-electron chi connectivity index (χ0n) is 34.4. The number of ketones is 1. The van der Waals surface area contributed by atoms with Gasteiger partial charge in [0, 0.05) is 42.1 Å². The highest BCUT2D eigenvalue weighted by molar-refractivity contribution is 7.12. The summed E-state index contributed by atoms with van der Waals surface area (Å²) < 4.78 is 11.5. The lowest BCUT2D eigenvalue weighted by molar-refractivity contribution is -0.150. The Kier molecular flexibility index (Phi) is 27.7. The zero-order chi connectivity index (χ0) is 38.6.